The summed E-state index contributed by atoms with van der Waals surface area (Å²) in [5.74, 6) is -6.67. The molecule has 0 atom stereocenters. The van der Waals surface area contributed by atoms with Gasteiger partial charge in [-0.2, -0.15) is 13.9 Å². The van der Waals surface area contributed by atoms with Crippen LogP contribution < -0.4 is 5.32 Å². The maximum atomic E-state index is 12.5. The highest BCUT2D eigenvalue weighted by Gasteiger charge is 2.48. The number of rotatable bonds is 4. The van der Waals surface area contributed by atoms with Crippen molar-refractivity contribution in [1.82, 2.24) is 15.5 Å². The van der Waals surface area contributed by atoms with Gasteiger partial charge in [-0.3, -0.25) is 9.89 Å². The van der Waals surface area contributed by atoms with E-state index in [2.05, 4.69) is 10.2 Å². The Morgan fingerprint density at radius 3 is 2.69 bits per heavy atom. The van der Waals surface area contributed by atoms with Gasteiger partial charge in [0.15, 0.2) is 0 Å². The van der Waals surface area contributed by atoms with Gasteiger partial charge in [0.05, 0.1) is 6.20 Å². The molecule has 0 radical (unpaired) electrons. The monoisotopic (exact) mass is 239 g/mol. The molecule has 4 nitrogen and oxygen atoms in total. The third-order valence-corrected chi connectivity index (χ3v) is 1.95. The lowest BCUT2D eigenvalue weighted by Gasteiger charge is -2.14. The largest absolute Gasteiger partial charge is 0.383 e. The molecule has 16 heavy (non-hydrogen) atoms. The Morgan fingerprint density at radius 2 is 2.25 bits per heavy atom. The maximum absolute atomic E-state index is 12.5. The van der Waals surface area contributed by atoms with E-state index in [0.29, 0.717) is 11.3 Å². The van der Waals surface area contributed by atoms with Crippen molar-refractivity contribution in [2.75, 3.05) is 0 Å². The van der Waals surface area contributed by atoms with E-state index in [9.17, 15) is 22.4 Å². The minimum atomic E-state index is -4.67. The van der Waals surface area contributed by atoms with E-state index in [-0.39, 0.29) is 6.54 Å². The minimum absolute atomic E-state index is 0.274. The Labute approximate surface area is 88.0 Å². The number of nitrogens with zero attached hydrogens (tertiary/aromatic N) is 1. The van der Waals surface area contributed by atoms with Gasteiger partial charge in [-0.25, -0.2) is 8.78 Å². The summed E-state index contributed by atoms with van der Waals surface area (Å²) in [6.07, 6.45) is -2.70. The van der Waals surface area contributed by atoms with Crippen LogP contribution in [0.1, 0.15) is 11.3 Å². The SMILES string of the molecule is Cc1[nH]ncc1CNC(=O)C(F)(F)C(F)F. The highest BCUT2D eigenvalue weighted by Crippen LogP contribution is 2.22. The summed E-state index contributed by atoms with van der Waals surface area (Å²) in [6, 6.07) is 0. The van der Waals surface area contributed by atoms with Gasteiger partial charge in [0.2, 0.25) is 0 Å². The Balaban J connectivity index is 2.57. The Bertz CT molecular complexity index is 377. The van der Waals surface area contributed by atoms with Crippen molar-refractivity contribution >= 4 is 5.91 Å². The van der Waals surface area contributed by atoms with Crippen molar-refractivity contribution in [3.63, 3.8) is 0 Å². The summed E-state index contributed by atoms with van der Waals surface area (Å²) in [5, 5.41) is 7.82. The van der Waals surface area contributed by atoms with Crippen LogP contribution in [0.5, 0.6) is 0 Å². The first-order valence-electron chi connectivity index (χ1n) is 4.28. The van der Waals surface area contributed by atoms with Crippen molar-refractivity contribution in [3.8, 4) is 0 Å². The van der Waals surface area contributed by atoms with Gasteiger partial charge in [0.25, 0.3) is 5.91 Å². The summed E-state index contributed by atoms with van der Waals surface area (Å²) in [6.45, 7) is 1.34. The molecule has 0 bridgehead atoms. The fourth-order valence-electron chi connectivity index (χ4n) is 0.946. The number of aryl methyl sites for hydroxylation is 1. The molecule has 2 N–H and O–H groups in total. The lowest BCUT2D eigenvalue weighted by Crippen LogP contribution is -2.44. The van der Waals surface area contributed by atoms with Crippen molar-refractivity contribution in [2.24, 2.45) is 0 Å². The van der Waals surface area contributed by atoms with E-state index in [1.54, 1.807) is 12.2 Å². The van der Waals surface area contributed by atoms with E-state index in [1.165, 1.54) is 6.20 Å². The van der Waals surface area contributed by atoms with E-state index in [0.717, 1.165) is 0 Å². The number of H-pyrrole nitrogens is 1. The van der Waals surface area contributed by atoms with Crippen LogP contribution in [0.3, 0.4) is 0 Å². The molecule has 1 rings (SSSR count). The fourth-order valence-corrected chi connectivity index (χ4v) is 0.946. The van der Waals surface area contributed by atoms with E-state index >= 15 is 0 Å². The van der Waals surface area contributed by atoms with Gasteiger partial charge in [-0.05, 0) is 6.92 Å². The lowest BCUT2D eigenvalue weighted by atomic mass is 10.2. The van der Waals surface area contributed by atoms with Crippen molar-refractivity contribution in [3.05, 3.63) is 17.5 Å². The zero-order valence-corrected chi connectivity index (χ0v) is 8.23. The van der Waals surface area contributed by atoms with Crippen molar-refractivity contribution in [1.29, 1.82) is 0 Å². The molecule has 90 valence electrons. The summed E-state index contributed by atoms with van der Waals surface area (Å²) in [4.78, 5) is 10.7. The molecule has 0 spiro atoms. The number of hydrogen-bond donors (Lipinski definition) is 2. The topological polar surface area (TPSA) is 57.8 Å². The first-order chi connectivity index (χ1) is 7.35. The molecule has 0 aromatic carbocycles. The van der Waals surface area contributed by atoms with Crippen LogP contribution >= 0.6 is 0 Å². The molecule has 0 saturated heterocycles. The normalized spacial score (nSPS) is 11.9. The summed E-state index contributed by atoms with van der Waals surface area (Å²) in [7, 11) is 0. The molecule has 8 heteroatoms. The number of alkyl halides is 4. The van der Waals surface area contributed by atoms with E-state index in [4.69, 9.17) is 0 Å². The summed E-state index contributed by atoms with van der Waals surface area (Å²) in [5.41, 5.74) is 1.03. The number of halogens is 4. The highest BCUT2D eigenvalue weighted by atomic mass is 19.3. The Hall–Kier alpha value is -1.60. The third kappa shape index (κ3) is 2.50. The number of amides is 1. The molecule has 0 aliphatic heterocycles. The van der Waals surface area contributed by atoms with Gasteiger partial charge in [-0.1, -0.05) is 0 Å². The van der Waals surface area contributed by atoms with Crippen molar-refractivity contribution in [2.45, 2.75) is 25.8 Å². The fraction of sp³-hybridized carbons (Fsp3) is 0.500. The minimum Gasteiger partial charge on any atom is -0.346 e. The van der Waals surface area contributed by atoms with Crippen LogP contribution in [-0.2, 0) is 11.3 Å². The zero-order valence-electron chi connectivity index (χ0n) is 8.23. The molecule has 0 saturated carbocycles. The number of aromatic nitrogens is 2. The number of aromatic amines is 1. The number of carbonyl (C=O) groups is 1. The van der Waals surface area contributed by atoms with Crippen LogP contribution in [0.4, 0.5) is 17.6 Å². The molecule has 1 aromatic heterocycles. The van der Waals surface area contributed by atoms with Crippen LogP contribution in [0, 0.1) is 6.92 Å². The highest BCUT2D eigenvalue weighted by molar-refractivity contribution is 5.83. The standard InChI is InChI=1S/C8H9F4N3O/c1-4-5(3-14-15-4)2-13-7(16)8(11,12)6(9)10/h3,6H,2H2,1H3,(H,13,16)(H,14,15). The number of nitrogens with one attached hydrogen (secondary N) is 2. The number of hydrogen-bond acceptors (Lipinski definition) is 2. The second kappa shape index (κ2) is 4.50. The van der Waals surface area contributed by atoms with Crippen LogP contribution in [0.15, 0.2) is 6.20 Å². The molecule has 1 aromatic rings. The summed E-state index contributed by atoms with van der Waals surface area (Å²) < 4.78 is 48.5. The average Bonchev–Trinajstić information content (AvgIpc) is 2.60. The summed E-state index contributed by atoms with van der Waals surface area (Å²) >= 11 is 0. The molecular formula is C8H9F4N3O. The predicted octanol–water partition coefficient (Wildman–Crippen LogP) is 1.23. The molecule has 1 amide bonds. The molecule has 1 heterocycles. The average molecular weight is 239 g/mol. The second-order valence-corrected chi connectivity index (χ2v) is 3.13. The molecule has 0 unspecified atom stereocenters. The molecule has 0 aliphatic rings. The number of carbonyl (C=O) groups excluding carboxylic acids is 1. The maximum Gasteiger partial charge on any atom is 0.383 e. The molecule has 0 fully saturated rings. The predicted molar refractivity (Wildman–Crippen MR) is 46.1 cm³/mol. The van der Waals surface area contributed by atoms with Gasteiger partial charge in [0.1, 0.15) is 0 Å². The van der Waals surface area contributed by atoms with Crippen LogP contribution in [0.25, 0.3) is 0 Å². The zero-order chi connectivity index (χ0) is 12.3. The van der Waals surface area contributed by atoms with Gasteiger partial charge < -0.3 is 5.32 Å². The van der Waals surface area contributed by atoms with Crippen LogP contribution in [-0.4, -0.2) is 28.5 Å². The Morgan fingerprint density at radius 1 is 1.62 bits per heavy atom. The van der Waals surface area contributed by atoms with Gasteiger partial charge in [0, 0.05) is 17.8 Å². The first-order valence-corrected chi connectivity index (χ1v) is 4.28. The van der Waals surface area contributed by atoms with Gasteiger partial charge in [-0.15, -0.1) is 0 Å². The first kappa shape index (κ1) is 12.5. The van der Waals surface area contributed by atoms with Crippen molar-refractivity contribution < 1.29 is 22.4 Å². The van der Waals surface area contributed by atoms with Crippen LogP contribution in [0.2, 0.25) is 0 Å². The Kier molecular flexibility index (Phi) is 3.51. The van der Waals surface area contributed by atoms with E-state index in [1.807, 2.05) is 0 Å². The molecule has 0 aliphatic carbocycles. The third-order valence-electron chi connectivity index (χ3n) is 1.95. The van der Waals surface area contributed by atoms with E-state index < -0.39 is 18.3 Å². The quantitative estimate of drug-likeness (QED) is 0.776. The lowest BCUT2D eigenvalue weighted by molar-refractivity contribution is -0.169. The molecular weight excluding hydrogens is 230 g/mol. The second-order valence-electron chi connectivity index (χ2n) is 3.13. The van der Waals surface area contributed by atoms with Gasteiger partial charge >= 0.3 is 12.3 Å². The smallest absolute Gasteiger partial charge is 0.346 e.